The molecule has 0 heterocycles. The predicted octanol–water partition coefficient (Wildman–Crippen LogP) is -0.574. The van der Waals surface area contributed by atoms with E-state index in [-0.39, 0.29) is 71.8 Å². The van der Waals surface area contributed by atoms with Crippen molar-refractivity contribution in [3.63, 3.8) is 0 Å². The van der Waals surface area contributed by atoms with Crippen LogP contribution in [0.2, 0.25) is 0 Å². The van der Waals surface area contributed by atoms with Gasteiger partial charge < -0.3 is 5.48 Å². The maximum atomic E-state index is 0. The Morgan fingerprint density at radius 2 is 1.00 bits per heavy atom. The third-order valence-corrected chi connectivity index (χ3v) is 0. The molecule has 0 saturated carbocycles. The van der Waals surface area contributed by atoms with E-state index in [2.05, 4.69) is 0 Å². The molecule has 28 valence electrons. The van der Waals surface area contributed by atoms with Gasteiger partial charge in [0.2, 0.25) is 0 Å². The fraction of sp³-hybridized carbons (Fsp3) is 1.00. The SMILES string of the molecule is C.O.[Si].[Ti].[Zr]. The van der Waals surface area contributed by atoms with Crippen molar-refractivity contribution in [2.75, 3.05) is 0 Å². The summed E-state index contributed by atoms with van der Waals surface area (Å²) >= 11 is 0. The monoisotopic (exact) mass is 200 g/mol. The van der Waals surface area contributed by atoms with Gasteiger partial charge >= 0.3 is 0 Å². The van der Waals surface area contributed by atoms with Gasteiger partial charge in [-0.1, -0.05) is 7.43 Å². The Morgan fingerprint density at radius 1 is 1.00 bits per heavy atom. The van der Waals surface area contributed by atoms with Crippen molar-refractivity contribution in [3.8, 4) is 0 Å². The molecule has 0 aromatic heterocycles. The van der Waals surface area contributed by atoms with Gasteiger partial charge in [0.15, 0.2) is 0 Å². The van der Waals surface area contributed by atoms with Gasteiger partial charge in [-0.15, -0.1) is 0 Å². The summed E-state index contributed by atoms with van der Waals surface area (Å²) < 4.78 is 0. The Morgan fingerprint density at radius 3 is 1.00 bits per heavy atom. The molecular formula is CH6OSiTiZr. The molecule has 0 unspecified atom stereocenters. The van der Waals surface area contributed by atoms with E-state index in [1.165, 1.54) is 0 Å². The fourth-order valence-corrected chi connectivity index (χ4v) is 0. The normalized spacial score (nSPS) is 0. The molecule has 0 aliphatic heterocycles. The molecule has 0 aromatic carbocycles. The van der Waals surface area contributed by atoms with E-state index < -0.39 is 0 Å². The van der Waals surface area contributed by atoms with Gasteiger partial charge in [-0.2, -0.15) is 0 Å². The van der Waals surface area contributed by atoms with Crippen molar-refractivity contribution in [1.29, 1.82) is 0 Å². The minimum Gasteiger partial charge on any atom is -0.412 e. The first-order valence-corrected chi connectivity index (χ1v) is 0. The summed E-state index contributed by atoms with van der Waals surface area (Å²) in [6, 6.07) is 0. The number of rotatable bonds is 0. The maximum Gasteiger partial charge on any atom is 0 e. The zero-order chi connectivity index (χ0) is 0. The molecule has 0 atom stereocenters. The van der Waals surface area contributed by atoms with Crippen molar-refractivity contribution in [3.05, 3.63) is 0 Å². The van der Waals surface area contributed by atoms with Crippen LogP contribution in [0.3, 0.4) is 0 Å². The first kappa shape index (κ1) is 71.7. The average Bonchev–Trinajstić information content (AvgIpc) is 0. The maximum absolute atomic E-state index is 0. The van der Waals surface area contributed by atoms with E-state index in [0.717, 1.165) is 0 Å². The van der Waals surface area contributed by atoms with E-state index in [4.69, 9.17) is 0 Å². The first-order chi connectivity index (χ1) is 0. The molecule has 5 heavy (non-hydrogen) atoms. The van der Waals surface area contributed by atoms with Crippen LogP contribution in [0.25, 0.3) is 0 Å². The Labute approximate surface area is 71.2 Å². The predicted molar refractivity (Wildman–Crippen MR) is 16.1 cm³/mol. The van der Waals surface area contributed by atoms with Crippen LogP contribution in [-0.4, -0.2) is 16.4 Å². The fourth-order valence-electron chi connectivity index (χ4n) is 0. The van der Waals surface area contributed by atoms with Gasteiger partial charge in [-0.05, 0) is 0 Å². The average molecular weight is 201 g/mol. The summed E-state index contributed by atoms with van der Waals surface area (Å²) in [4.78, 5) is 0. The minimum absolute atomic E-state index is 0. The Bertz CT molecular complexity index is 11.6. The van der Waals surface area contributed by atoms with Crippen LogP contribution in [-0.2, 0) is 47.9 Å². The van der Waals surface area contributed by atoms with Gasteiger partial charge in [-0.25, -0.2) is 0 Å². The summed E-state index contributed by atoms with van der Waals surface area (Å²) in [5, 5.41) is 0. The van der Waals surface area contributed by atoms with Crippen LogP contribution >= 0.6 is 0 Å². The van der Waals surface area contributed by atoms with Crippen LogP contribution < -0.4 is 0 Å². The molecule has 0 amide bonds. The molecule has 0 aromatic rings. The molecule has 4 radical (unpaired) electrons. The molecular weight excluding hydrogens is 195 g/mol. The summed E-state index contributed by atoms with van der Waals surface area (Å²) in [5.74, 6) is 0. The molecule has 0 aliphatic rings. The zero-order valence-corrected chi connectivity index (χ0v) is 7.02. The summed E-state index contributed by atoms with van der Waals surface area (Å²) in [5.41, 5.74) is 0. The standard InChI is InChI=1S/CH4.H2O.Si.Ti.Zr/h1H4;1H2;;;. The Hall–Kier alpha value is 1.77. The van der Waals surface area contributed by atoms with Crippen molar-refractivity contribution in [2.45, 2.75) is 7.43 Å². The zero-order valence-electron chi connectivity index (χ0n) is 2.00. The minimum atomic E-state index is 0. The molecule has 1 nitrogen and oxygen atoms in total. The molecule has 0 bridgehead atoms. The van der Waals surface area contributed by atoms with Crippen LogP contribution in [0.1, 0.15) is 7.43 Å². The van der Waals surface area contributed by atoms with E-state index in [0.29, 0.717) is 0 Å². The van der Waals surface area contributed by atoms with Gasteiger partial charge in [0.25, 0.3) is 0 Å². The van der Waals surface area contributed by atoms with Crippen molar-refractivity contribution >= 4 is 11.0 Å². The summed E-state index contributed by atoms with van der Waals surface area (Å²) in [7, 11) is 0. The van der Waals surface area contributed by atoms with Crippen LogP contribution in [0, 0.1) is 0 Å². The Balaban J connectivity index is 0. The topological polar surface area (TPSA) is 31.5 Å². The molecule has 0 spiro atoms. The molecule has 0 saturated heterocycles. The molecule has 0 aliphatic carbocycles. The second kappa shape index (κ2) is 41.8. The summed E-state index contributed by atoms with van der Waals surface area (Å²) in [6.07, 6.45) is 0. The van der Waals surface area contributed by atoms with E-state index >= 15 is 0 Å². The molecule has 0 fully saturated rings. The second-order valence-electron chi connectivity index (χ2n) is 0. The second-order valence-corrected chi connectivity index (χ2v) is 0. The van der Waals surface area contributed by atoms with Crippen molar-refractivity contribution < 1.29 is 53.4 Å². The van der Waals surface area contributed by atoms with Crippen molar-refractivity contribution in [1.82, 2.24) is 0 Å². The Kier molecular flexibility index (Phi) is 600. The van der Waals surface area contributed by atoms with Crippen LogP contribution in [0.15, 0.2) is 0 Å². The van der Waals surface area contributed by atoms with Gasteiger partial charge in [-0.3, -0.25) is 0 Å². The smallest absolute Gasteiger partial charge is 0 e. The van der Waals surface area contributed by atoms with E-state index in [1.54, 1.807) is 0 Å². The third-order valence-electron chi connectivity index (χ3n) is 0. The third kappa shape index (κ3) is 26.1. The molecule has 4 heteroatoms. The molecule has 0 rings (SSSR count). The number of hydrogen-bond acceptors (Lipinski definition) is 0. The largest absolute Gasteiger partial charge is 0.412 e. The van der Waals surface area contributed by atoms with E-state index in [1.807, 2.05) is 0 Å². The van der Waals surface area contributed by atoms with Crippen LogP contribution in [0.5, 0.6) is 0 Å². The van der Waals surface area contributed by atoms with Gasteiger partial charge in [0.05, 0.1) is 0 Å². The molecule has 2 N–H and O–H groups in total. The number of hydrogen-bond donors (Lipinski definition) is 0. The van der Waals surface area contributed by atoms with Gasteiger partial charge in [0, 0.05) is 58.9 Å². The first-order valence-electron chi connectivity index (χ1n) is 0. The van der Waals surface area contributed by atoms with Crippen LogP contribution in [0.4, 0.5) is 0 Å². The van der Waals surface area contributed by atoms with E-state index in [9.17, 15) is 0 Å². The van der Waals surface area contributed by atoms with Crippen molar-refractivity contribution in [2.24, 2.45) is 0 Å². The van der Waals surface area contributed by atoms with Gasteiger partial charge in [0.1, 0.15) is 0 Å². The summed E-state index contributed by atoms with van der Waals surface area (Å²) in [6.45, 7) is 0. The quantitative estimate of drug-likeness (QED) is 0.470.